The zero-order valence-corrected chi connectivity index (χ0v) is 18.5. The van der Waals surface area contributed by atoms with Crippen LogP contribution >= 0.6 is 0 Å². The van der Waals surface area contributed by atoms with Crippen LogP contribution in [0.1, 0.15) is 54.0 Å². The van der Waals surface area contributed by atoms with Gasteiger partial charge in [0.25, 0.3) is 0 Å². The van der Waals surface area contributed by atoms with Crippen molar-refractivity contribution >= 4 is 11.5 Å². The number of aromatic nitrogens is 2. The molecule has 0 saturated carbocycles. The average Bonchev–Trinajstić information content (AvgIpc) is 3.32. The Morgan fingerprint density at radius 3 is 2.76 bits per heavy atom. The number of likely N-dealkylation sites (tertiary alicyclic amines) is 1. The zero-order valence-electron chi connectivity index (χ0n) is 18.5. The maximum atomic E-state index is 13.7. The molecule has 1 fully saturated rings. The number of alkyl halides is 3. The topological polar surface area (TPSA) is 74.0 Å². The van der Waals surface area contributed by atoms with Gasteiger partial charge in [0.05, 0.1) is 34.7 Å². The maximum Gasteiger partial charge on any atom is 0.435 e. The Balaban J connectivity index is 1.76. The van der Waals surface area contributed by atoms with Crippen LogP contribution in [0.2, 0.25) is 0 Å². The highest BCUT2D eigenvalue weighted by molar-refractivity contribution is 6.00. The predicted molar refractivity (Wildman–Crippen MR) is 117 cm³/mol. The predicted octanol–water partition coefficient (Wildman–Crippen LogP) is 4.04. The van der Waals surface area contributed by atoms with Gasteiger partial charge in [-0.2, -0.15) is 23.5 Å². The molecule has 172 valence electrons. The number of nitrogens with one attached hydrogen (secondary N) is 1. The van der Waals surface area contributed by atoms with Crippen LogP contribution in [0.5, 0.6) is 0 Å². The van der Waals surface area contributed by atoms with Gasteiger partial charge in [-0.15, -0.1) is 6.42 Å². The van der Waals surface area contributed by atoms with Crippen LogP contribution < -0.4 is 5.32 Å². The number of hydrogen-bond donors (Lipinski definition) is 1. The van der Waals surface area contributed by atoms with Gasteiger partial charge in [0.2, 0.25) is 0 Å². The molecule has 1 unspecified atom stereocenters. The molecule has 33 heavy (non-hydrogen) atoms. The Labute approximate surface area is 190 Å². The van der Waals surface area contributed by atoms with E-state index in [1.807, 2.05) is 13.8 Å². The van der Waals surface area contributed by atoms with Gasteiger partial charge in [0.15, 0.2) is 11.5 Å². The highest BCUT2D eigenvalue weighted by Gasteiger charge is 2.45. The molecule has 1 aromatic carbocycles. The molecule has 1 aliphatic carbocycles. The number of anilines is 1. The number of carbonyl (C=O) groups is 1. The van der Waals surface area contributed by atoms with E-state index >= 15 is 0 Å². The van der Waals surface area contributed by atoms with Crippen molar-refractivity contribution in [2.24, 2.45) is 5.41 Å². The van der Waals surface area contributed by atoms with Crippen LogP contribution in [0.3, 0.4) is 0 Å². The molecule has 9 heteroatoms. The first-order chi connectivity index (χ1) is 15.5. The highest BCUT2D eigenvalue weighted by atomic mass is 19.4. The lowest BCUT2D eigenvalue weighted by molar-refractivity contribution is -0.141. The highest BCUT2D eigenvalue weighted by Crippen LogP contribution is 2.42. The molecule has 0 bridgehead atoms. The summed E-state index contributed by atoms with van der Waals surface area (Å²) in [7, 11) is 0. The van der Waals surface area contributed by atoms with Crippen molar-refractivity contribution in [2.45, 2.75) is 45.3 Å². The molecule has 1 saturated heterocycles. The van der Waals surface area contributed by atoms with E-state index in [-0.39, 0.29) is 30.1 Å². The molecule has 2 aliphatic rings. The number of carbonyl (C=O) groups excluding carboxylic acids is 1. The normalized spacial score (nSPS) is 20.2. The van der Waals surface area contributed by atoms with Gasteiger partial charge in [0, 0.05) is 25.6 Å². The molecular formula is C24H24F3N5O. The van der Waals surface area contributed by atoms with Crippen LogP contribution in [-0.2, 0) is 12.6 Å². The first-order valence-electron chi connectivity index (χ1n) is 10.7. The summed E-state index contributed by atoms with van der Waals surface area (Å²) in [5.41, 5.74) is -0.473. The monoisotopic (exact) mass is 455 g/mol. The van der Waals surface area contributed by atoms with Gasteiger partial charge in [-0.25, -0.2) is 4.68 Å². The number of Topliss-reactive ketones (excluding diaryl/α,β-unsaturated/α-hetero) is 1. The van der Waals surface area contributed by atoms with E-state index in [1.54, 1.807) is 18.2 Å². The molecular weight excluding hydrogens is 431 g/mol. The van der Waals surface area contributed by atoms with E-state index in [2.05, 4.69) is 27.3 Å². The second-order valence-corrected chi connectivity index (χ2v) is 9.43. The lowest BCUT2D eigenvalue weighted by Gasteiger charge is -2.29. The number of ketones is 1. The number of rotatable bonds is 4. The van der Waals surface area contributed by atoms with E-state index in [9.17, 15) is 23.2 Å². The van der Waals surface area contributed by atoms with Gasteiger partial charge < -0.3 is 5.32 Å². The standard InChI is InChI=1S/C24H24F3N5O/c1-4-8-31-9-7-16(14-31)29-18-10-17(6-5-15(18)13-28)32-19-11-23(2,3)12-20(33)21(19)22(30-32)24(25,26)27/h1,5-6,10,16,29H,7-9,11-12,14H2,2-3H3. The number of nitrogens with zero attached hydrogens (tertiary/aromatic N) is 4. The van der Waals surface area contributed by atoms with E-state index in [0.717, 1.165) is 13.0 Å². The molecule has 6 nitrogen and oxygen atoms in total. The Morgan fingerprint density at radius 1 is 1.33 bits per heavy atom. The van der Waals surface area contributed by atoms with Crippen molar-refractivity contribution in [3.63, 3.8) is 0 Å². The third-order valence-electron chi connectivity index (χ3n) is 6.13. The van der Waals surface area contributed by atoms with Crippen molar-refractivity contribution in [2.75, 3.05) is 25.0 Å². The van der Waals surface area contributed by atoms with Crippen LogP contribution in [0.25, 0.3) is 5.69 Å². The summed E-state index contributed by atoms with van der Waals surface area (Å²) in [4.78, 5) is 14.8. The zero-order chi connectivity index (χ0) is 24.0. The van der Waals surface area contributed by atoms with Gasteiger partial charge in [-0.3, -0.25) is 9.69 Å². The molecule has 0 spiro atoms. The Bertz CT molecular complexity index is 1180. The largest absolute Gasteiger partial charge is 0.435 e. The number of fused-ring (bicyclic) bond motifs is 1. The first kappa shape index (κ1) is 22.9. The van der Waals surface area contributed by atoms with Crippen molar-refractivity contribution in [1.82, 2.24) is 14.7 Å². The van der Waals surface area contributed by atoms with Crippen molar-refractivity contribution < 1.29 is 18.0 Å². The van der Waals surface area contributed by atoms with Gasteiger partial charge >= 0.3 is 6.18 Å². The quantitative estimate of drug-likeness (QED) is 0.705. The number of hydrogen-bond acceptors (Lipinski definition) is 5. The van der Waals surface area contributed by atoms with Gasteiger partial charge in [-0.1, -0.05) is 19.8 Å². The smallest absolute Gasteiger partial charge is 0.380 e. The second kappa shape index (κ2) is 8.24. The summed E-state index contributed by atoms with van der Waals surface area (Å²) in [6.07, 6.45) is 1.78. The number of benzene rings is 1. The van der Waals surface area contributed by atoms with Crippen LogP contribution in [0.4, 0.5) is 18.9 Å². The molecule has 1 atom stereocenters. The SMILES string of the molecule is C#CCN1CCC(Nc2cc(-n3nc(C(F)(F)F)c4c3CC(C)(C)CC4=O)ccc2C#N)C1. The van der Waals surface area contributed by atoms with E-state index in [0.29, 0.717) is 30.0 Å². The molecule has 1 aliphatic heterocycles. The van der Waals surface area contributed by atoms with Crippen molar-refractivity contribution in [3.8, 4) is 24.1 Å². The first-order valence-corrected chi connectivity index (χ1v) is 10.7. The third-order valence-corrected chi connectivity index (χ3v) is 6.13. The van der Waals surface area contributed by atoms with Crippen molar-refractivity contribution in [3.05, 3.63) is 40.7 Å². The molecule has 4 rings (SSSR count). The molecule has 2 heterocycles. The van der Waals surface area contributed by atoms with Crippen LogP contribution in [0.15, 0.2) is 18.2 Å². The summed E-state index contributed by atoms with van der Waals surface area (Å²) in [5, 5.41) is 16.7. The van der Waals surface area contributed by atoms with Crippen LogP contribution in [-0.4, -0.2) is 46.1 Å². The van der Waals surface area contributed by atoms with Crippen molar-refractivity contribution in [1.29, 1.82) is 5.26 Å². The minimum Gasteiger partial charge on any atom is -0.380 e. The Morgan fingerprint density at radius 2 is 2.09 bits per heavy atom. The van der Waals surface area contributed by atoms with Gasteiger partial charge in [0.1, 0.15) is 6.07 Å². The number of nitriles is 1. The Hall–Kier alpha value is -3.30. The summed E-state index contributed by atoms with van der Waals surface area (Å²) >= 11 is 0. The minimum atomic E-state index is -4.75. The Kier molecular flexibility index (Phi) is 5.71. The summed E-state index contributed by atoms with van der Waals surface area (Å²) in [6, 6.07) is 6.92. The molecule has 1 aromatic heterocycles. The summed E-state index contributed by atoms with van der Waals surface area (Å²) in [5.74, 6) is 2.07. The molecule has 0 amide bonds. The molecule has 0 radical (unpaired) electrons. The van der Waals surface area contributed by atoms with E-state index in [4.69, 9.17) is 6.42 Å². The fourth-order valence-corrected chi connectivity index (χ4v) is 4.68. The lowest BCUT2D eigenvalue weighted by Crippen LogP contribution is -2.29. The molecule has 2 aromatic rings. The second-order valence-electron chi connectivity index (χ2n) is 9.43. The lowest BCUT2D eigenvalue weighted by atomic mass is 9.75. The third kappa shape index (κ3) is 4.46. The van der Waals surface area contributed by atoms with E-state index in [1.165, 1.54) is 4.68 Å². The molecule has 1 N–H and O–H groups in total. The summed E-state index contributed by atoms with van der Waals surface area (Å²) in [6.45, 7) is 5.77. The van der Waals surface area contributed by atoms with E-state index < -0.39 is 23.1 Å². The number of halogens is 3. The maximum absolute atomic E-state index is 13.7. The van der Waals surface area contributed by atoms with Gasteiger partial charge in [-0.05, 0) is 36.5 Å². The fraction of sp³-hybridized carbons (Fsp3) is 0.458. The fourth-order valence-electron chi connectivity index (χ4n) is 4.68. The number of terminal acetylenes is 1. The summed E-state index contributed by atoms with van der Waals surface area (Å²) < 4.78 is 42.4. The minimum absolute atomic E-state index is 0.0325. The average molecular weight is 455 g/mol. The van der Waals surface area contributed by atoms with Crippen LogP contribution in [0, 0.1) is 29.1 Å².